The van der Waals surface area contributed by atoms with E-state index in [-0.39, 0.29) is 5.91 Å². The molecule has 0 saturated carbocycles. The maximum Gasteiger partial charge on any atom is 0.267 e. The fraction of sp³-hybridized carbons (Fsp3) is 0.105. The van der Waals surface area contributed by atoms with Crippen LogP contribution in [0, 0.1) is 0 Å². The Bertz CT molecular complexity index is 1090. The first-order valence-electron chi connectivity index (χ1n) is 8.16. The van der Waals surface area contributed by atoms with Gasteiger partial charge in [0.25, 0.3) is 5.91 Å². The van der Waals surface area contributed by atoms with Gasteiger partial charge in [-0.2, -0.15) is 0 Å². The quantitative estimate of drug-likeness (QED) is 0.594. The van der Waals surface area contributed by atoms with Crippen molar-refractivity contribution in [1.29, 1.82) is 0 Å². The lowest BCUT2D eigenvalue weighted by Crippen LogP contribution is -2.34. The standard InChI is InChI=1S/C19H15N5O/c25-19-17-7-14(11-24(17)5-4-21-19)16-10-23-18-15(16)6-13(9-22-18)12-2-1-3-20-8-12/h1-3,6-11H,4-5H2,(H,21,25)(H,22,23). The summed E-state index contributed by atoms with van der Waals surface area (Å²) in [4.78, 5) is 23.9. The molecular formula is C19H15N5O. The maximum atomic E-state index is 12.0. The van der Waals surface area contributed by atoms with E-state index in [1.165, 1.54) is 0 Å². The van der Waals surface area contributed by atoms with E-state index in [9.17, 15) is 4.79 Å². The fourth-order valence-corrected chi connectivity index (χ4v) is 3.35. The number of aromatic nitrogens is 4. The highest BCUT2D eigenvalue weighted by Gasteiger charge is 2.19. The molecule has 0 atom stereocenters. The van der Waals surface area contributed by atoms with Gasteiger partial charge in [0.05, 0.1) is 0 Å². The monoisotopic (exact) mass is 329 g/mol. The van der Waals surface area contributed by atoms with Crippen molar-refractivity contribution < 1.29 is 4.79 Å². The molecule has 0 aliphatic carbocycles. The van der Waals surface area contributed by atoms with Crippen LogP contribution in [-0.2, 0) is 6.54 Å². The highest BCUT2D eigenvalue weighted by molar-refractivity contribution is 5.99. The fourth-order valence-electron chi connectivity index (χ4n) is 3.35. The van der Waals surface area contributed by atoms with Crippen LogP contribution in [0.15, 0.2) is 55.2 Å². The maximum absolute atomic E-state index is 12.0. The SMILES string of the molecule is O=C1NCCn2cc(-c3c[nH]c4ncc(-c5cccnc5)cc34)cc21. The number of amides is 1. The van der Waals surface area contributed by atoms with E-state index < -0.39 is 0 Å². The Labute approximate surface area is 143 Å². The number of rotatable bonds is 2. The second-order valence-corrected chi connectivity index (χ2v) is 6.13. The Morgan fingerprint density at radius 2 is 2.08 bits per heavy atom. The number of pyridine rings is 2. The minimum Gasteiger partial charge on any atom is -0.349 e. The molecule has 0 radical (unpaired) electrons. The third-order valence-corrected chi connectivity index (χ3v) is 4.60. The number of nitrogens with one attached hydrogen (secondary N) is 2. The van der Waals surface area contributed by atoms with Gasteiger partial charge in [-0.1, -0.05) is 6.07 Å². The Kier molecular flexibility index (Phi) is 2.97. The van der Waals surface area contributed by atoms with Crippen LogP contribution in [0.2, 0.25) is 0 Å². The first-order valence-corrected chi connectivity index (χ1v) is 8.16. The third kappa shape index (κ3) is 2.22. The molecule has 0 spiro atoms. The smallest absolute Gasteiger partial charge is 0.267 e. The van der Waals surface area contributed by atoms with Crippen molar-refractivity contribution in [1.82, 2.24) is 24.8 Å². The summed E-state index contributed by atoms with van der Waals surface area (Å²) >= 11 is 0. The molecule has 1 aliphatic rings. The first kappa shape index (κ1) is 14.0. The number of nitrogens with zero attached hydrogens (tertiary/aromatic N) is 3. The lowest BCUT2D eigenvalue weighted by molar-refractivity contribution is 0.0928. The summed E-state index contributed by atoms with van der Waals surface area (Å²) < 4.78 is 2.01. The largest absolute Gasteiger partial charge is 0.349 e. The summed E-state index contributed by atoms with van der Waals surface area (Å²) in [5.41, 5.74) is 5.64. The molecule has 4 aromatic rings. The van der Waals surface area contributed by atoms with Crippen LogP contribution in [-0.4, -0.2) is 32.0 Å². The average molecular weight is 329 g/mol. The Morgan fingerprint density at radius 3 is 2.92 bits per heavy atom. The predicted molar refractivity (Wildman–Crippen MR) is 95.1 cm³/mol. The zero-order chi connectivity index (χ0) is 16.8. The van der Waals surface area contributed by atoms with Gasteiger partial charge in [0.2, 0.25) is 0 Å². The van der Waals surface area contributed by atoms with Gasteiger partial charge >= 0.3 is 0 Å². The van der Waals surface area contributed by atoms with Crippen molar-refractivity contribution in [3.63, 3.8) is 0 Å². The number of fused-ring (bicyclic) bond motifs is 2. The van der Waals surface area contributed by atoms with Crippen LogP contribution < -0.4 is 5.32 Å². The molecule has 0 fully saturated rings. The molecule has 2 N–H and O–H groups in total. The Balaban J connectivity index is 1.66. The van der Waals surface area contributed by atoms with Crippen molar-refractivity contribution in [3.05, 3.63) is 60.9 Å². The van der Waals surface area contributed by atoms with Crippen molar-refractivity contribution in [3.8, 4) is 22.3 Å². The highest BCUT2D eigenvalue weighted by atomic mass is 16.2. The van der Waals surface area contributed by atoms with E-state index >= 15 is 0 Å². The molecule has 5 heterocycles. The van der Waals surface area contributed by atoms with Crippen LogP contribution in [0.5, 0.6) is 0 Å². The molecule has 122 valence electrons. The molecule has 0 bridgehead atoms. The molecule has 6 nitrogen and oxygen atoms in total. The topological polar surface area (TPSA) is 75.6 Å². The van der Waals surface area contributed by atoms with Crippen LogP contribution in [0.3, 0.4) is 0 Å². The van der Waals surface area contributed by atoms with E-state index in [1.54, 1.807) is 6.20 Å². The van der Waals surface area contributed by atoms with Gasteiger partial charge < -0.3 is 14.9 Å². The second-order valence-electron chi connectivity index (χ2n) is 6.13. The molecule has 1 amide bonds. The third-order valence-electron chi connectivity index (χ3n) is 4.60. The van der Waals surface area contributed by atoms with E-state index in [0.717, 1.165) is 39.8 Å². The lowest BCUT2D eigenvalue weighted by Gasteiger charge is -2.14. The number of carbonyl (C=O) groups excluding carboxylic acids is 1. The van der Waals surface area contributed by atoms with Crippen LogP contribution in [0.1, 0.15) is 10.5 Å². The summed E-state index contributed by atoms with van der Waals surface area (Å²) in [5.74, 6) is -0.0217. The van der Waals surface area contributed by atoms with Crippen molar-refractivity contribution >= 4 is 16.9 Å². The van der Waals surface area contributed by atoms with Gasteiger partial charge in [0, 0.05) is 71.7 Å². The van der Waals surface area contributed by atoms with Gasteiger partial charge in [-0.15, -0.1) is 0 Å². The summed E-state index contributed by atoms with van der Waals surface area (Å²) in [6, 6.07) is 7.98. The van der Waals surface area contributed by atoms with Crippen LogP contribution in [0.25, 0.3) is 33.3 Å². The van der Waals surface area contributed by atoms with Crippen LogP contribution in [0.4, 0.5) is 0 Å². The summed E-state index contributed by atoms with van der Waals surface area (Å²) in [7, 11) is 0. The molecule has 5 rings (SSSR count). The second kappa shape index (κ2) is 5.31. The number of H-pyrrole nitrogens is 1. The number of hydrogen-bond acceptors (Lipinski definition) is 3. The Hall–Kier alpha value is -3.41. The summed E-state index contributed by atoms with van der Waals surface area (Å²) in [6.45, 7) is 1.46. The minimum absolute atomic E-state index is 0.0217. The zero-order valence-corrected chi connectivity index (χ0v) is 13.4. The zero-order valence-electron chi connectivity index (χ0n) is 13.4. The molecule has 25 heavy (non-hydrogen) atoms. The molecule has 0 aromatic carbocycles. The molecule has 6 heteroatoms. The lowest BCUT2D eigenvalue weighted by atomic mass is 10.0. The van der Waals surface area contributed by atoms with Gasteiger partial charge in [-0.3, -0.25) is 9.78 Å². The van der Waals surface area contributed by atoms with E-state index in [2.05, 4.69) is 26.3 Å². The normalized spacial score (nSPS) is 13.7. The van der Waals surface area contributed by atoms with Gasteiger partial charge in [0.15, 0.2) is 0 Å². The molecular weight excluding hydrogens is 314 g/mol. The molecule has 0 saturated heterocycles. The average Bonchev–Trinajstić information content (AvgIpc) is 3.26. The number of hydrogen-bond donors (Lipinski definition) is 2. The summed E-state index contributed by atoms with van der Waals surface area (Å²) in [6.07, 6.45) is 9.42. The molecule has 1 aliphatic heterocycles. The van der Waals surface area contributed by atoms with Crippen LogP contribution >= 0.6 is 0 Å². The van der Waals surface area contributed by atoms with E-state index in [4.69, 9.17) is 0 Å². The molecule has 0 unspecified atom stereocenters. The first-order chi connectivity index (χ1) is 12.3. The number of aromatic amines is 1. The highest BCUT2D eigenvalue weighted by Crippen LogP contribution is 2.32. The van der Waals surface area contributed by atoms with Crippen molar-refractivity contribution in [2.45, 2.75) is 6.54 Å². The van der Waals surface area contributed by atoms with Gasteiger partial charge in [-0.05, 0) is 18.2 Å². The van der Waals surface area contributed by atoms with E-state index in [0.29, 0.717) is 12.2 Å². The number of carbonyl (C=O) groups is 1. The minimum atomic E-state index is -0.0217. The van der Waals surface area contributed by atoms with Gasteiger partial charge in [-0.25, -0.2) is 4.98 Å². The van der Waals surface area contributed by atoms with Gasteiger partial charge in [0.1, 0.15) is 11.3 Å². The Morgan fingerprint density at radius 1 is 1.12 bits per heavy atom. The van der Waals surface area contributed by atoms with E-state index in [1.807, 2.05) is 47.6 Å². The van der Waals surface area contributed by atoms with Crippen molar-refractivity contribution in [2.75, 3.05) is 6.54 Å². The predicted octanol–water partition coefficient (Wildman–Crippen LogP) is 2.84. The summed E-state index contributed by atoms with van der Waals surface area (Å²) in [5, 5.41) is 3.91. The molecule has 4 aromatic heterocycles. The van der Waals surface area contributed by atoms with Crippen molar-refractivity contribution in [2.24, 2.45) is 0 Å².